The van der Waals surface area contributed by atoms with Gasteiger partial charge in [0.2, 0.25) is 11.8 Å². The van der Waals surface area contributed by atoms with Gasteiger partial charge in [0.1, 0.15) is 0 Å². The van der Waals surface area contributed by atoms with Crippen molar-refractivity contribution in [3.05, 3.63) is 11.8 Å². The van der Waals surface area contributed by atoms with Crippen molar-refractivity contribution in [2.24, 2.45) is 5.92 Å². The number of carbonyl (C=O) groups excluding carboxylic acids is 1. The minimum Gasteiger partial charge on any atom is -0.381 e. The van der Waals surface area contributed by atoms with Gasteiger partial charge in [-0.05, 0) is 6.92 Å². The molecule has 0 aliphatic heterocycles. The smallest absolute Gasteiger partial charge is 0.231 e. The third-order valence-corrected chi connectivity index (χ3v) is 2.64. The number of rotatable bonds is 6. The van der Waals surface area contributed by atoms with Gasteiger partial charge in [0.15, 0.2) is 0 Å². The van der Waals surface area contributed by atoms with Crippen molar-refractivity contribution in [3.8, 4) is 0 Å². The van der Waals surface area contributed by atoms with E-state index in [4.69, 9.17) is 9.26 Å². The molecule has 1 heterocycles. The Morgan fingerprint density at radius 3 is 2.78 bits per heavy atom. The monoisotopic (exact) mass is 254 g/mol. The first-order valence-electron chi connectivity index (χ1n) is 6.22. The SMILES string of the molecule is CCOCC(C)(C)c1cc(NC(=O)C(C)C)on1. The van der Waals surface area contributed by atoms with Gasteiger partial charge in [0, 0.05) is 24.0 Å². The maximum Gasteiger partial charge on any atom is 0.231 e. The number of hydrogen-bond acceptors (Lipinski definition) is 4. The zero-order valence-electron chi connectivity index (χ0n) is 11.7. The fraction of sp³-hybridized carbons (Fsp3) is 0.692. The molecule has 0 bridgehead atoms. The first-order valence-corrected chi connectivity index (χ1v) is 6.22. The van der Waals surface area contributed by atoms with E-state index < -0.39 is 0 Å². The lowest BCUT2D eigenvalue weighted by molar-refractivity contribution is -0.119. The summed E-state index contributed by atoms with van der Waals surface area (Å²) in [6.45, 7) is 10.9. The van der Waals surface area contributed by atoms with Gasteiger partial charge in [0.25, 0.3) is 0 Å². The molecule has 0 saturated carbocycles. The van der Waals surface area contributed by atoms with Crippen LogP contribution >= 0.6 is 0 Å². The van der Waals surface area contributed by atoms with Crippen molar-refractivity contribution in [2.45, 2.75) is 40.0 Å². The third kappa shape index (κ3) is 3.84. The highest BCUT2D eigenvalue weighted by molar-refractivity contribution is 5.90. The Morgan fingerprint density at radius 2 is 2.22 bits per heavy atom. The lowest BCUT2D eigenvalue weighted by atomic mass is 9.90. The fourth-order valence-corrected chi connectivity index (χ4v) is 1.35. The molecule has 102 valence electrons. The number of hydrogen-bond donors (Lipinski definition) is 1. The summed E-state index contributed by atoms with van der Waals surface area (Å²) in [6, 6.07) is 1.75. The van der Waals surface area contributed by atoms with Gasteiger partial charge in [0.05, 0.1) is 12.3 Å². The Bertz CT molecular complexity index is 397. The van der Waals surface area contributed by atoms with Crippen LogP contribution in [0.3, 0.4) is 0 Å². The minimum absolute atomic E-state index is 0.0830. The Morgan fingerprint density at radius 1 is 1.56 bits per heavy atom. The molecule has 0 aliphatic carbocycles. The van der Waals surface area contributed by atoms with Gasteiger partial charge in [-0.1, -0.05) is 32.9 Å². The van der Waals surface area contributed by atoms with Crippen LogP contribution in [0.15, 0.2) is 10.6 Å². The first kappa shape index (κ1) is 14.7. The predicted octanol–water partition coefficient (Wildman–Crippen LogP) is 2.58. The topological polar surface area (TPSA) is 64.4 Å². The predicted molar refractivity (Wildman–Crippen MR) is 69.5 cm³/mol. The molecule has 1 rings (SSSR count). The molecule has 0 spiro atoms. The average Bonchev–Trinajstić information content (AvgIpc) is 2.75. The quantitative estimate of drug-likeness (QED) is 0.847. The summed E-state index contributed by atoms with van der Waals surface area (Å²) in [6.07, 6.45) is 0. The summed E-state index contributed by atoms with van der Waals surface area (Å²) < 4.78 is 10.5. The minimum atomic E-state index is -0.236. The highest BCUT2D eigenvalue weighted by Crippen LogP contribution is 2.25. The van der Waals surface area contributed by atoms with E-state index in [1.807, 2.05) is 34.6 Å². The molecule has 0 saturated heterocycles. The van der Waals surface area contributed by atoms with Crippen LogP contribution in [-0.2, 0) is 14.9 Å². The zero-order valence-corrected chi connectivity index (χ0v) is 11.7. The number of nitrogens with one attached hydrogen (secondary N) is 1. The van der Waals surface area contributed by atoms with Crippen LogP contribution in [0.5, 0.6) is 0 Å². The summed E-state index contributed by atoms with van der Waals surface area (Å²) in [5, 5.41) is 6.66. The molecule has 1 aromatic rings. The van der Waals surface area contributed by atoms with Crippen molar-refractivity contribution in [2.75, 3.05) is 18.5 Å². The number of ether oxygens (including phenoxy) is 1. The van der Waals surface area contributed by atoms with Crippen LogP contribution in [0.2, 0.25) is 0 Å². The second-order valence-corrected chi connectivity index (χ2v) is 5.24. The molecule has 5 heteroatoms. The van der Waals surface area contributed by atoms with Crippen LogP contribution in [0, 0.1) is 5.92 Å². The molecule has 0 fully saturated rings. The lowest BCUT2D eigenvalue weighted by Crippen LogP contribution is -2.24. The van der Waals surface area contributed by atoms with Gasteiger partial charge < -0.3 is 9.26 Å². The molecular formula is C13H22N2O3. The van der Waals surface area contributed by atoms with Crippen LogP contribution in [0.4, 0.5) is 5.88 Å². The number of nitrogens with zero attached hydrogens (tertiary/aromatic N) is 1. The van der Waals surface area contributed by atoms with Crippen molar-refractivity contribution >= 4 is 11.8 Å². The van der Waals surface area contributed by atoms with Gasteiger partial charge in [-0.25, -0.2) is 0 Å². The summed E-state index contributed by atoms with van der Waals surface area (Å²) in [5.74, 6) is 0.212. The van der Waals surface area contributed by atoms with E-state index in [0.29, 0.717) is 19.1 Å². The molecule has 0 atom stereocenters. The number of anilines is 1. The van der Waals surface area contributed by atoms with Gasteiger partial charge in [-0.15, -0.1) is 0 Å². The average molecular weight is 254 g/mol. The Balaban J connectivity index is 2.70. The highest BCUT2D eigenvalue weighted by atomic mass is 16.5. The maximum absolute atomic E-state index is 11.5. The molecule has 5 nitrogen and oxygen atoms in total. The van der Waals surface area contributed by atoms with E-state index in [2.05, 4.69) is 10.5 Å². The molecule has 18 heavy (non-hydrogen) atoms. The molecule has 0 radical (unpaired) electrons. The van der Waals surface area contributed by atoms with Crippen LogP contribution in [-0.4, -0.2) is 24.3 Å². The molecule has 0 aromatic carbocycles. The standard InChI is InChI=1S/C13H22N2O3/c1-6-17-8-13(4,5)10-7-11(18-15-10)14-12(16)9(2)3/h7,9H,6,8H2,1-5H3,(H,14,16). The number of amides is 1. The van der Waals surface area contributed by atoms with E-state index in [1.165, 1.54) is 0 Å². The zero-order chi connectivity index (χ0) is 13.8. The second kappa shape index (κ2) is 6.00. The molecule has 1 aromatic heterocycles. The summed E-state index contributed by atoms with van der Waals surface area (Å²) in [5.41, 5.74) is 0.537. The lowest BCUT2D eigenvalue weighted by Gasteiger charge is -2.20. The van der Waals surface area contributed by atoms with E-state index >= 15 is 0 Å². The van der Waals surface area contributed by atoms with Gasteiger partial charge >= 0.3 is 0 Å². The van der Waals surface area contributed by atoms with Crippen LogP contribution < -0.4 is 5.32 Å². The first-order chi connectivity index (χ1) is 8.36. The summed E-state index contributed by atoms with van der Waals surface area (Å²) in [4.78, 5) is 11.5. The number of aromatic nitrogens is 1. The van der Waals surface area contributed by atoms with Crippen molar-refractivity contribution in [1.82, 2.24) is 5.16 Å². The Kier molecular flexibility index (Phi) is 4.90. The molecule has 1 amide bonds. The van der Waals surface area contributed by atoms with Gasteiger partial charge in [-0.2, -0.15) is 0 Å². The molecule has 0 aliphatic rings. The largest absolute Gasteiger partial charge is 0.381 e. The van der Waals surface area contributed by atoms with Crippen LogP contribution in [0.1, 0.15) is 40.3 Å². The van der Waals surface area contributed by atoms with E-state index in [9.17, 15) is 4.79 Å². The molecular weight excluding hydrogens is 232 g/mol. The van der Waals surface area contributed by atoms with E-state index in [0.717, 1.165) is 5.69 Å². The van der Waals surface area contributed by atoms with Crippen LogP contribution in [0.25, 0.3) is 0 Å². The molecule has 0 unspecified atom stereocenters. The molecule has 1 N–H and O–H groups in total. The maximum atomic E-state index is 11.5. The van der Waals surface area contributed by atoms with E-state index in [-0.39, 0.29) is 17.2 Å². The van der Waals surface area contributed by atoms with E-state index in [1.54, 1.807) is 6.07 Å². The number of carbonyl (C=O) groups is 1. The summed E-state index contributed by atoms with van der Waals surface area (Å²) in [7, 11) is 0. The normalized spacial score (nSPS) is 11.9. The van der Waals surface area contributed by atoms with Gasteiger partial charge in [-0.3, -0.25) is 10.1 Å². The summed E-state index contributed by atoms with van der Waals surface area (Å²) >= 11 is 0. The van der Waals surface area contributed by atoms with Crippen molar-refractivity contribution in [3.63, 3.8) is 0 Å². The van der Waals surface area contributed by atoms with Crippen molar-refractivity contribution in [1.29, 1.82) is 0 Å². The Hall–Kier alpha value is -1.36. The van der Waals surface area contributed by atoms with Crippen molar-refractivity contribution < 1.29 is 14.1 Å². The highest BCUT2D eigenvalue weighted by Gasteiger charge is 2.25. The Labute approximate surface area is 108 Å². The fourth-order valence-electron chi connectivity index (χ4n) is 1.35. The third-order valence-electron chi connectivity index (χ3n) is 2.64. The second-order valence-electron chi connectivity index (χ2n) is 5.24.